The maximum atomic E-state index is 10.9. The molecule has 0 fully saturated rings. The van der Waals surface area contributed by atoms with Gasteiger partial charge in [0, 0.05) is 11.6 Å². The Balaban J connectivity index is 2.66. The van der Waals surface area contributed by atoms with Crippen LogP contribution in [0.4, 0.5) is 0 Å². The fourth-order valence-corrected chi connectivity index (χ4v) is 1.29. The van der Waals surface area contributed by atoms with Crippen LogP contribution in [0, 0.1) is 6.92 Å². The molecule has 0 saturated carbocycles. The smallest absolute Gasteiger partial charge is 0.234 e. The maximum absolute atomic E-state index is 10.9. The fourth-order valence-electron chi connectivity index (χ4n) is 1.10. The Hall–Kier alpha value is -1.06. The normalized spacial score (nSPS) is 9.93. The van der Waals surface area contributed by atoms with Gasteiger partial charge in [-0.2, -0.15) is 0 Å². The van der Waals surface area contributed by atoms with Gasteiger partial charge in [-0.25, -0.2) is 0 Å². The van der Waals surface area contributed by atoms with Crippen molar-refractivity contribution < 1.29 is 4.79 Å². The van der Waals surface area contributed by atoms with E-state index >= 15 is 0 Å². The van der Waals surface area contributed by atoms with E-state index in [-0.39, 0.29) is 12.5 Å². The average molecular weight is 213 g/mol. The van der Waals surface area contributed by atoms with Crippen LogP contribution in [0.1, 0.15) is 11.1 Å². The highest BCUT2D eigenvalue weighted by molar-refractivity contribution is 6.30. The first-order valence-electron chi connectivity index (χ1n) is 4.35. The highest BCUT2D eigenvalue weighted by Gasteiger charge is 2.01. The zero-order valence-electron chi connectivity index (χ0n) is 8.01. The molecular weight excluding hydrogens is 200 g/mol. The number of hydrogen-bond acceptors (Lipinski definition) is 2. The number of halogens is 1. The first-order chi connectivity index (χ1) is 6.63. The lowest BCUT2D eigenvalue weighted by atomic mass is 10.1. The summed E-state index contributed by atoms with van der Waals surface area (Å²) in [6, 6.07) is 5.59. The van der Waals surface area contributed by atoms with Crippen molar-refractivity contribution in [1.29, 1.82) is 0 Å². The number of carbonyl (C=O) groups excluding carboxylic acids is 1. The standard InChI is InChI=1S/C10H13ClN2O/c1-7-2-3-9(11)4-8(7)6-13-10(14)5-12/h2-4H,5-6,12H2,1H3,(H,13,14). The number of amides is 1. The Morgan fingerprint density at radius 3 is 2.93 bits per heavy atom. The quantitative estimate of drug-likeness (QED) is 0.792. The van der Waals surface area contributed by atoms with Crippen molar-refractivity contribution in [3.8, 4) is 0 Å². The summed E-state index contributed by atoms with van der Waals surface area (Å²) < 4.78 is 0. The zero-order chi connectivity index (χ0) is 10.6. The Bertz CT molecular complexity index is 339. The average Bonchev–Trinajstić information content (AvgIpc) is 2.19. The van der Waals surface area contributed by atoms with Crippen LogP contribution in [0.25, 0.3) is 0 Å². The molecule has 1 rings (SSSR count). The second kappa shape index (κ2) is 4.98. The SMILES string of the molecule is Cc1ccc(Cl)cc1CNC(=O)CN. The third-order valence-corrected chi connectivity index (χ3v) is 2.21. The molecule has 1 amide bonds. The van der Waals surface area contributed by atoms with Gasteiger partial charge in [0.2, 0.25) is 5.91 Å². The molecule has 0 aliphatic carbocycles. The van der Waals surface area contributed by atoms with Crippen LogP contribution in [0.3, 0.4) is 0 Å². The van der Waals surface area contributed by atoms with E-state index in [1.807, 2.05) is 25.1 Å². The molecule has 0 heterocycles. The minimum Gasteiger partial charge on any atom is -0.351 e. The van der Waals surface area contributed by atoms with Gasteiger partial charge in [-0.1, -0.05) is 17.7 Å². The zero-order valence-corrected chi connectivity index (χ0v) is 8.77. The monoisotopic (exact) mass is 212 g/mol. The predicted molar refractivity (Wildman–Crippen MR) is 57.1 cm³/mol. The number of benzene rings is 1. The minimum atomic E-state index is -0.163. The van der Waals surface area contributed by atoms with Gasteiger partial charge >= 0.3 is 0 Å². The molecule has 0 aliphatic rings. The molecule has 1 aromatic rings. The second-order valence-electron chi connectivity index (χ2n) is 3.05. The Kier molecular flexibility index (Phi) is 3.92. The summed E-state index contributed by atoms with van der Waals surface area (Å²) >= 11 is 5.83. The summed E-state index contributed by atoms with van der Waals surface area (Å²) in [5.41, 5.74) is 7.28. The largest absolute Gasteiger partial charge is 0.351 e. The number of carbonyl (C=O) groups is 1. The lowest BCUT2D eigenvalue weighted by Crippen LogP contribution is -2.29. The van der Waals surface area contributed by atoms with Gasteiger partial charge in [0.05, 0.1) is 6.54 Å². The number of rotatable bonds is 3. The highest BCUT2D eigenvalue weighted by Crippen LogP contribution is 2.14. The molecule has 0 unspecified atom stereocenters. The van der Waals surface area contributed by atoms with Crippen molar-refractivity contribution in [1.82, 2.24) is 5.32 Å². The molecule has 3 nitrogen and oxygen atoms in total. The van der Waals surface area contributed by atoms with E-state index in [2.05, 4.69) is 5.32 Å². The molecule has 0 radical (unpaired) electrons. The molecule has 1 aromatic carbocycles. The van der Waals surface area contributed by atoms with Gasteiger partial charge in [-0.3, -0.25) is 4.79 Å². The first-order valence-corrected chi connectivity index (χ1v) is 4.73. The minimum absolute atomic E-state index is 0.0135. The lowest BCUT2D eigenvalue weighted by molar-refractivity contribution is -0.119. The molecule has 4 heteroatoms. The highest BCUT2D eigenvalue weighted by atomic mass is 35.5. The van der Waals surface area contributed by atoms with E-state index in [0.29, 0.717) is 11.6 Å². The van der Waals surface area contributed by atoms with Gasteiger partial charge < -0.3 is 11.1 Å². The summed E-state index contributed by atoms with van der Waals surface area (Å²) in [5, 5.41) is 3.37. The molecule has 0 spiro atoms. The van der Waals surface area contributed by atoms with Gasteiger partial charge in [-0.15, -0.1) is 0 Å². The molecule has 0 aliphatic heterocycles. The van der Waals surface area contributed by atoms with Gasteiger partial charge in [0.25, 0.3) is 0 Å². The van der Waals surface area contributed by atoms with E-state index in [4.69, 9.17) is 17.3 Å². The van der Waals surface area contributed by atoms with Crippen LogP contribution in [0.2, 0.25) is 5.02 Å². The van der Waals surface area contributed by atoms with Crippen LogP contribution in [0.15, 0.2) is 18.2 Å². The molecule has 0 atom stereocenters. The van der Waals surface area contributed by atoms with Gasteiger partial charge in [-0.05, 0) is 30.2 Å². The molecule has 76 valence electrons. The van der Waals surface area contributed by atoms with Crippen LogP contribution in [-0.2, 0) is 11.3 Å². The lowest BCUT2D eigenvalue weighted by Gasteiger charge is -2.07. The van der Waals surface area contributed by atoms with Crippen LogP contribution < -0.4 is 11.1 Å². The molecule has 0 saturated heterocycles. The van der Waals surface area contributed by atoms with Crippen LogP contribution in [0.5, 0.6) is 0 Å². The van der Waals surface area contributed by atoms with E-state index in [9.17, 15) is 4.79 Å². The van der Waals surface area contributed by atoms with Gasteiger partial charge in [0.1, 0.15) is 0 Å². The summed E-state index contributed by atoms with van der Waals surface area (Å²) in [6.07, 6.45) is 0. The van der Waals surface area contributed by atoms with E-state index in [1.165, 1.54) is 0 Å². The molecule has 0 aromatic heterocycles. The predicted octanol–water partition coefficient (Wildman–Crippen LogP) is 1.22. The van der Waals surface area contributed by atoms with Crippen LogP contribution in [-0.4, -0.2) is 12.5 Å². The van der Waals surface area contributed by atoms with Crippen molar-refractivity contribution >= 4 is 17.5 Å². The fraction of sp³-hybridized carbons (Fsp3) is 0.300. The first kappa shape index (κ1) is 11.0. The number of hydrogen-bond donors (Lipinski definition) is 2. The molecular formula is C10H13ClN2O. The summed E-state index contributed by atoms with van der Waals surface area (Å²) in [6.45, 7) is 2.46. The second-order valence-corrected chi connectivity index (χ2v) is 3.49. The van der Waals surface area contributed by atoms with E-state index in [0.717, 1.165) is 11.1 Å². The molecule has 3 N–H and O–H groups in total. The van der Waals surface area contributed by atoms with E-state index in [1.54, 1.807) is 0 Å². The number of aryl methyl sites for hydroxylation is 1. The summed E-state index contributed by atoms with van der Waals surface area (Å²) in [5.74, 6) is -0.163. The Morgan fingerprint density at radius 1 is 1.57 bits per heavy atom. The topological polar surface area (TPSA) is 55.1 Å². The Labute approximate surface area is 88.2 Å². The van der Waals surface area contributed by atoms with E-state index < -0.39 is 0 Å². The summed E-state index contributed by atoms with van der Waals surface area (Å²) in [4.78, 5) is 10.9. The van der Waals surface area contributed by atoms with Crippen molar-refractivity contribution in [2.75, 3.05) is 6.54 Å². The van der Waals surface area contributed by atoms with Gasteiger partial charge in [0.15, 0.2) is 0 Å². The number of nitrogens with two attached hydrogens (primary N) is 1. The summed E-state index contributed by atoms with van der Waals surface area (Å²) in [7, 11) is 0. The molecule has 0 bridgehead atoms. The third-order valence-electron chi connectivity index (χ3n) is 1.97. The Morgan fingerprint density at radius 2 is 2.29 bits per heavy atom. The molecule has 14 heavy (non-hydrogen) atoms. The van der Waals surface area contributed by atoms with Crippen molar-refractivity contribution in [3.63, 3.8) is 0 Å². The van der Waals surface area contributed by atoms with Crippen LogP contribution >= 0.6 is 11.6 Å². The number of nitrogens with one attached hydrogen (secondary N) is 1. The maximum Gasteiger partial charge on any atom is 0.234 e. The van der Waals surface area contributed by atoms with Crippen molar-refractivity contribution in [2.45, 2.75) is 13.5 Å². The third kappa shape index (κ3) is 3.01. The van der Waals surface area contributed by atoms with Crippen molar-refractivity contribution in [3.05, 3.63) is 34.3 Å². The van der Waals surface area contributed by atoms with Crippen molar-refractivity contribution in [2.24, 2.45) is 5.73 Å².